The van der Waals surface area contributed by atoms with E-state index in [4.69, 9.17) is 5.26 Å². The fourth-order valence-electron chi connectivity index (χ4n) is 1.30. The third-order valence-electron chi connectivity index (χ3n) is 1.99. The molecule has 0 saturated heterocycles. The molecule has 0 unspecified atom stereocenters. The monoisotopic (exact) mass is 200 g/mol. The molecule has 2 aromatic heterocycles. The first-order valence-electron chi connectivity index (χ1n) is 4.24. The van der Waals surface area contributed by atoms with Gasteiger partial charge in [0.15, 0.2) is 0 Å². The number of nitrogens with zero attached hydrogens (tertiary/aromatic N) is 2. The van der Waals surface area contributed by atoms with E-state index in [0.29, 0.717) is 0 Å². The van der Waals surface area contributed by atoms with Gasteiger partial charge >= 0.3 is 0 Å². The molecule has 2 aromatic rings. The number of rotatable bonds is 2. The SMILES string of the molecule is N#C[C@@H](c1ccsc1)c1ccccn1. The van der Waals surface area contributed by atoms with Crippen molar-refractivity contribution in [1.29, 1.82) is 5.26 Å². The highest BCUT2D eigenvalue weighted by Crippen LogP contribution is 2.23. The van der Waals surface area contributed by atoms with E-state index >= 15 is 0 Å². The Hall–Kier alpha value is -1.66. The van der Waals surface area contributed by atoms with Crippen molar-refractivity contribution >= 4 is 11.3 Å². The van der Waals surface area contributed by atoms with Gasteiger partial charge in [-0.3, -0.25) is 4.98 Å². The van der Waals surface area contributed by atoms with Gasteiger partial charge in [-0.05, 0) is 34.5 Å². The van der Waals surface area contributed by atoms with E-state index in [0.717, 1.165) is 11.3 Å². The molecule has 0 aliphatic heterocycles. The standard InChI is InChI=1S/C11H8N2S/c12-7-10(9-4-6-14-8-9)11-3-1-2-5-13-11/h1-6,8,10H/t10-/m0/s1. The van der Waals surface area contributed by atoms with E-state index in [-0.39, 0.29) is 5.92 Å². The Morgan fingerprint density at radius 2 is 2.29 bits per heavy atom. The quantitative estimate of drug-likeness (QED) is 0.747. The van der Waals surface area contributed by atoms with Crippen LogP contribution >= 0.6 is 11.3 Å². The van der Waals surface area contributed by atoms with E-state index < -0.39 is 0 Å². The maximum absolute atomic E-state index is 9.07. The van der Waals surface area contributed by atoms with E-state index in [1.807, 2.05) is 35.0 Å². The number of pyridine rings is 1. The Morgan fingerprint density at radius 1 is 1.36 bits per heavy atom. The molecular formula is C11H8N2S. The fourth-order valence-corrected chi connectivity index (χ4v) is 1.98. The first-order chi connectivity index (χ1) is 6.92. The normalized spacial score (nSPS) is 11.9. The third kappa shape index (κ3) is 1.66. The molecule has 2 rings (SSSR count). The molecule has 2 heterocycles. The van der Waals surface area contributed by atoms with Crippen molar-refractivity contribution in [1.82, 2.24) is 4.98 Å². The number of hydrogen-bond donors (Lipinski definition) is 0. The Balaban J connectivity index is 2.38. The topological polar surface area (TPSA) is 36.7 Å². The summed E-state index contributed by atoms with van der Waals surface area (Å²) in [5.74, 6) is -0.234. The van der Waals surface area contributed by atoms with E-state index in [2.05, 4.69) is 11.1 Å². The van der Waals surface area contributed by atoms with E-state index in [1.165, 1.54) is 0 Å². The summed E-state index contributed by atoms with van der Waals surface area (Å²) in [4.78, 5) is 4.19. The summed E-state index contributed by atoms with van der Waals surface area (Å²) in [6.45, 7) is 0. The minimum atomic E-state index is -0.234. The van der Waals surface area contributed by atoms with Gasteiger partial charge in [-0.2, -0.15) is 16.6 Å². The zero-order valence-electron chi connectivity index (χ0n) is 7.42. The van der Waals surface area contributed by atoms with Crippen LogP contribution in [0.3, 0.4) is 0 Å². The van der Waals surface area contributed by atoms with Crippen molar-refractivity contribution in [2.45, 2.75) is 5.92 Å². The zero-order valence-corrected chi connectivity index (χ0v) is 8.24. The highest BCUT2D eigenvalue weighted by Gasteiger charge is 2.13. The maximum atomic E-state index is 9.07. The molecule has 2 nitrogen and oxygen atoms in total. The van der Waals surface area contributed by atoms with Gasteiger partial charge in [0, 0.05) is 6.20 Å². The molecule has 0 bridgehead atoms. The summed E-state index contributed by atoms with van der Waals surface area (Å²) >= 11 is 1.60. The van der Waals surface area contributed by atoms with E-state index in [9.17, 15) is 0 Å². The average molecular weight is 200 g/mol. The largest absolute Gasteiger partial charge is 0.260 e. The lowest BCUT2D eigenvalue weighted by atomic mass is 10.00. The number of nitriles is 1. The molecule has 0 aromatic carbocycles. The van der Waals surface area contributed by atoms with E-state index in [1.54, 1.807) is 17.5 Å². The van der Waals surface area contributed by atoms with Gasteiger partial charge in [0.2, 0.25) is 0 Å². The van der Waals surface area contributed by atoms with Crippen molar-refractivity contribution in [2.75, 3.05) is 0 Å². The van der Waals surface area contributed by atoms with Gasteiger partial charge in [-0.15, -0.1) is 0 Å². The van der Waals surface area contributed by atoms with Crippen LogP contribution in [0.5, 0.6) is 0 Å². The Bertz CT molecular complexity index is 428. The molecule has 0 radical (unpaired) electrons. The summed E-state index contributed by atoms with van der Waals surface area (Å²) in [6.07, 6.45) is 1.71. The summed E-state index contributed by atoms with van der Waals surface area (Å²) in [5.41, 5.74) is 1.84. The Labute approximate surface area is 86.5 Å². The Morgan fingerprint density at radius 3 is 2.86 bits per heavy atom. The van der Waals surface area contributed by atoms with Crippen molar-refractivity contribution < 1.29 is 0 Å². The summed E-state index contributed by atoms with van der Waals surface area (Å²) in [7, 11) is 0. The van der Waals surface area contributed by atoms with Gasteiger partial charge in [-0.1, -0.05) is 6.07 Å². The van der Waals surface area contributed by atoms with Crippen LogP contribution in [0.15, 0.2) is 41.2 Å². The predicted octanol–water partition coefficient (Wildman–Crippen LogP) is 2.80. The first kappa shape index (κ1) is 8.92. The molecule has 0 aliphatic rings. The summed E-state index contributed by atoms with van der Waals surface area (Å²) in [6, 6.07) is 9.87. The smallest absolute Gasteiger partial charge is 0.114 e. The van der Waals surface area contributed by atoms with Crippen LogP contribution in [0.4, 0.5) is 0 Å². The van der Waals surface area contributed by atoms with Gasteiger partial charge in [-0.25, -0.2) is 0 Å². The van der Waals surface area contributed by atoms with Crippen LogP contribution < -0.4 is 0 Å². The molecule has 14 heavy (non-hydrogen) atoms. The second-order valence-corrected chi connectivity index (χ2v) is 3.65. The van der Waals surface area contributed by atoms with Crippen LogP contribution in [-0.4, -0.2) is 4.98 Å². The van der Waals surface area contributed by atoms with Crippen molar-refractivity contribution in [3.05, 3.63) is 52.5 Å². The van der Waals surface area contributed by atoms with Crippen LogP contribution in [-0.2, 0) is 0 Å². The average Bonchev–Trinajstić information content (AvgIpc) is 2.74. The lowest BCUT2D eigenvalue weighted by Crippen LogP contribution is -1.98. The second kappa shape index (κ2) is 4.03. The van der Waals surface area contributed by atoms with Gasteiger partial charge < -0.3 is 0 Å². The molecule has 68 valence electrons. The highest BCUT2D eigenvalue weighted by molar-refractivity contribution is 7.08. The highest BCUT2D eigenvalue weighted by atomic mass is 32.1. The number of hydrogen-bond acceptors (Lipinski definition) is 3. The van der Waals surface area contributed by atoms with Crippen molar-refractivity contribution in [3.8, 4) is 6.07 Å². The number of aromatic nitrogens is 1. The van der Waals surface area contributed by atoms with Crippen molar-refractivity contribution in [2.24, 2.45) is 0 Å². The summed E-state index contributed by atoms with van der Waals surface area (Å²) in [5, 5.41) is 13.0. The van der Waals surface area contributed by atoms with Crippen molar-refractivity contribution in [3.63, 3.8) is 0 Å². The minimum Gasteiger partial charge on any atom is -0.260 e. The molecular weight excluding hydrogens is 192 g/mol. The molecule has 0 amide bonds. The van der Waals surface area contributed by atoms with Crippen LogP contribution in [0.25, 0.3) is 0 Å². The molecule has 0 fully saturated rings. The molecule has 0 N–H and O–H groups in total. The van der Waals surface area contributed by atoms with Gasteiger partial charge in [0.25, 0.3) is 0 Å². The number of thiophene rings is 1. The van der Waals surface area contributed by atoms with Crippen LogP contribution in [0, 0.1) is 11.3 Å². The second-order valence-electron chi connectivity index (χ2n) is 2.87. The first-order valence-corrected chi connectivity index (χ1v) is 5.19. The molecule has 1 atom stereocenters. The minimum absolute atomic E-state index is 0.234. The Kier molecular flexibility index (Phi) is 2.57. The summed E-state index contributed by atoms with van der Waals surface area (Å²) < 4.78 is 0. The predicted molar refractivity (Wildman–Crippen MR) is 56.0 cm³/mol. The van der Waals surface area contributed by atoms with Crippen LogP contribution in [0.2, 0.25) is 0 Å². The lowest BCUT2D eigenvalue weighted by molar-refractivity contribution is 0.972. The third-order valence-corrected chi connectivity index (χ3v) is 2.69. The lowest BCUT2D eigenvalue weighted by Gasteiger charge is -2.04. The molecule has 0 saturated carbocycles. The molecule has 0 spiro atoms. The molecule has 0 aliphatic carbocycles. The fraction of sp³-hybridized carbons (Fsp3) is 0.0909. The van der Waals surface area contributed by atoms with Gasteiger partial charge in [0.05, 0.1) is 11.8 Å². The van der Waals surface area contributed by atoms with Gasteiger partial charge in [0.1, 0.15) is 5.92 Å². The zero-order chi connectivity index (χ0) is 9.80. The molecule has 3 heteroatoms. The van der Waals surface area contributed by atoms with Crippen LogP contribution in [0.1, 0.15) is 17.2 Å². The maximum Gasteiger partial charge on any atom is 0.114 e.